The summed E-state index contributed by atoms with van der Waals surface area (Å²) in [5, 5.41) is 0. The van der Waals surface area contributed by atoms with Crippen LogP contribution in [0.2, 0.25) is 0 Å². The van der Waals surface area contributed by atoms with Crippen LogP contribution in [-0.2, 0) is 25.6 Å². The second kappa shape index (κ2) is 14.4. The molecule has 0 amide bonds. The molecule has 0 aliphatic rings. The molecule has 2 rings (SSSR count). The molecule has 27 heavy (non-hydrogen) atoms. The Morgan fingerprint density at radius 1 is 1.00 bits per heavy atom. The van der Waals surface area contributed by atoms with Gasteiger partial charge in [0.2, 0.25) is 5.44 Å². The standard InChI is InChI=1S/C16H17O7PS.2K/c17-24(18)23-16(25(19,20)21)11-5-7-13-6-4-10-15(12-13)22-14-8-2-1-3-9-14;;/h1-4,6,8-10,12,16H,5,7,11H2,(H,19,20,21);;/q;2*+1/p-1/t16-;;/m0../s1. The van der Waals surface area contributed by atoms with Gasteiger partial charge in [0.15, 0.2) is 0 Å². The first-order valence-electron chi connectivity index (χ1n) is 7.42. The van der Waals surface area contributed by atoms with Gasteiger partial charge in [0.1, 0.15) is 21.6 Å². The van der Waals surface area contributed by atoms with Crippen LogP contribution < -0.4 is 112 Å². The average Bonchev–Trinajstić information content (AvgIpc) is 2.54. The zero-order valence-electron chi connectivity index (χ0n) is 15.1. The molecule has 0 saturated heterocycles. The van der Waals surface area contributed by atoms with Crippen LogP contribution >= 0.6 is 8.25 Å². The van der Waals surface area contributed by atoms with Gasteiger partial charge in [-0.15, -0.1) is 4.52 Å². The Bertz CT molecular complexity index is 819. The molecule has 0 aromatic heterocycles. The first-order chi connectivity index (χ1) is 11.8. The molecule has 7 nitrogen and oxygen atoms in total. The number of para-hydroxylation sites is 1. The van der Waals surface area contributed by atoms with Crippen molar-refractivity contribution in [3.05, 3.63) is 60.2 Å². The first-order valence-corrected chi connectivity index (χ1v) is 9.99. The normalized spacial score (nSPS) is 12.3. The Hall–Kier alpha value is 1.44. The van der Waals surface area contributed by atoms with E-state index in [1.54, 1.807) is 18.2 Å². The summed E-state index contributed by atoms with van der Waals surface area (Å²) in [6, 6.07) is 16.4. The Balaban J connectivity index is 0.00000338. The molecule has 11 heteroatoms. The van der Waals surface area contributed by atoms with Gasteiger partial charge in [0.25, 0.3) is 0 Å². The summed E-state index contributed by atoms with van der Waals surface area (Å²) in [5.74, 6) is 1.31. The summed E-state index contributed by atoms with van der Waals surface area (Å²) in [6.07, 6.45) is 0.500. The Morgan fingerprint density at radius 2 is 1.63 bits per heavy atom. The number of benzene rings is 2. The molecule has 0 radical (unpaired) electrons. The summed E-state index contributed by atoms with van der Waals surface area (Å²) in [4.78, 5) is 10.5. The molecule has 0 fully saturated rings. The third kappa shape index (κ3) is 11.4. The van der Waals surface area contributed by atoms with Crippen LogP contribution in [0.1, 0.15) is 18.4 Å². The SMILES string of the molecule is O=[P+]([O-])O[C@H](CCCc1cccc(Oc2ccccc2)c1)S(=O)(=O)[O-].[K+].[K+]. The summed E-state index contributed by atoms with van der Waals surface area (Å²) >= 11 is 0. The number of aryl methyl sites for hydroxylation is 1. The van der Waals surface area contributed by atoms with Gasteiger partial charge in [0.05, 0.1) is 0 Å². The van der Waals surface area contributed by atoms with Crippen LogP contribution in [0.3, 0.4) is 0 Å². The van der Waals surface area contributed by atoms with Gasteiger partial charge < -0.3 is 14.2 Å². The van der Waals surface area contributed by atoms with Crippen LogP contribution in [0.15, 0.2) is 54.6 Å². The second-order valence-electron chi connectivity index (χ2n) is 5.21. The van der Waals surface area contributed by atoms with Crippen LogP contribution in [0, 0.1) is 0 Å². The van der Waals surface area contributed by atoms with Crippen molar-refractivity contribution >= 4 is 18.4 Å². The maximum Gasteiger partial charge on any atom is 1.00 e. The smallest absolute Gasteiger partial charge is 0.746 e. The quantitative estimate of drug-likeness (QED) is 0.218. The van der Waals surface area contributed by atoms with Crippen molar-refractivity contribution < 1.29 is 134 Å². The van der Waals surface area contributed by atoms with E-state index >= 15 is 0 Å². The van der Waals surface area contributed by atoms with Gasteiger partial charge in [0, 0.05) is 0 Å². The fourth-order valence-electron chi connectivity index (χ4n) is 2.21. The van der Waals surface area contributed by atoms with Gasteiger partial charge in [-0.2, -0.15) is 0 Å². The van der Waals surface area contributed by atoms with Crippen molar-refractivity contribution in [1.82, 2.24) is 0 Å². The topological polar surface area (TPSA) is 116 Å². The molecule has 0 saturated carbocycles. The van der Waals surface area contributed by atoms with E-state index in [-0.39, 0.29) is 116 Å². The van der Waals surface area contributed by atoms with E-state index in [0.29, 0.717) is 17.9 Å². The van der Waals surface area contributed by atoms with E-state index in [4.69, 9.17) is 4.74 Å². The molecule has 1 unspecified atom stereocenters. The van der Waals surface area contributed by atoms with E-state index in [0.717, 1.165) is 5.56 Å². The first kappa shape index (κ1) is 28.4. The summed E-state index contributed by atoms with van der Waals surface area (Å²) < 4.78 is 53.4. The molecule has 0 aliphatic heterocycles. The minimum Gasteiger partial charge on any atom is -0.746 e. The molecule has 0 spiro atoms. The third-order valence-electron chi connectivity index (χ3n) is 3.31. The van der Waals surface area contributed by atoms with Gasteiger partial charge >= 0.3 is 111 Å². The second-order valence-corrected chi connectivity index (χ2v) is 7.38. The van der Waals surface area contributed by atoms with Gasteiger partial charge in [-0.05, 0) is 53.7 Å². The van der Waals surface area contributed by atoms with Crippen molar-refractivity contribution in [2.75, 3.05) is 0 Å². The maximum atomic E-state index is 11.0. The van der Waals surface area contributed by atoms with E-state index in [1.165, 1.54) is 0 Å². The monoisotopic (exact) mass is 461 g/mol. The maximum absolute atomic E-state index is 11.0. The molecule has 2 atom stereocenters. The summed E-state index contributed by atoms with van der Waals surface area (Å²) in [5.41, 5.74) is -1.03. The van der Waals surface area contributed by atoms with Crippen LogP contribution in [0.5, 0.6) is 11.5 Å². The zero-order valence-corrected chi connectivity index (χ0v) is 23.1. The van der Waals surface area contributed by atoms with Crippen LogP contribution in [-0.4, -0.2) is 18.4 Å². The molecule has 0 N–H and O–H groups in total. The van der Waals surface area contributed by atoms with Crippen molar-refractivity contribution in [3.8, 4) is 11.5 Å². The minimum absolute atomic E-state index is 0. The Morgan fingerprint density at radius 3 is 2.22 bits per heavy atom. The van der Waals surface area contributed by atoms with Crippen molar-refractivity contribution in [3.63, 3.8) is 0 Å². The van der Waals surface area contributed by atoms with Crippen molar-refractivity contribution in [2.24, 2.45) is 0 Å². The average molecular weight is 462 g/mol. The fraction of sp³-hybridized carbons (Fsp3) is 0.250. The number of rotatable bonds is 9. The van der Waals surface area contributed by atoms with Crippen molar-refractivity contribution in [1.29, 1.82) is 0 Å². The van der Waals surface area contributed by atoms with Crippen molar-refractivity contribution in [2.45, 2.75) is 24.7 Å². The molecule has 134 valence electrons. The fourth-order valence-corrected chi connectivity index (χ4v) is 3.59. The molecule has 0 bridgehead atoms. The predicted molar refractivity (Wildman–Crippen MR) is 88.1 cm³/mol. The van der Waals surface area contributed by atoms with Crippen LogP contribution in [0.25, 0.3) is 0 Å². The summed E-state index contributed by atoms with van der Waals surface area (Å²) in [7, 11) is -8.25. The largest absolute Gasteiger partial charge is 1.00 e. The predicted octanol–water partition coefficient (Wildman–Crippen LogP) is -3.28. The molecule has 2 aromatic carbocycles. The van der Waals surface area contributed by atoms with Crippen LogP contribution in [0.4, 0.5) is 0 Å². The van der Waals surface area contributed by atoms with E-state index in [9.17, 15) is 22.4 Å². The van der Waals surface area contributed by atoms with E-state index in [2.05, 4.69) is 4.52 Å². The molecule has 0 heterocycles. The summed E-state index contributed by atoms with van der Waals surface area (Å²) in [6.45, 7) is 0. The molecular formula is C16H16K2O7PS+. The Labute approximate surface area is 244 Å². The minimum atomic E-state index is -4.84. The molecule has 0 aliphatic carbocycles. The Kier molecular flexibility index (Phi) is 15.2. The number of hydrogen-bond donors (Lipinski definition) is 0. The number of ether oxygens (including phenoxy) is 1. The van der Waals surface area contributed by atoms with E-state index < -0.39 is 23.8 Å². The van der Waals surface area contributed by atoms with Gasteiger partial charge in [-0.25, -0.2) is 8.42 Å². The molecule has 2 aromatic rings. The van der Waals surface area contributed by atoms with Gasteiger partial charge in [-0.3, -0.25) is 0 Å². The molecular weight excluding hydrogens is 445 g/mol. The van der Waals surface area contributed by atoms with Gasteiger partial charge in [-0.1, -0.05) is 30.3 Å². The third-order valence-corrected chi connectivity index (χ3v) is 4.85. The zero-order chi connectivity index (χ0) is 18.3. The van der Waals surface area contributed by atoms with E-state index in [1.807, 2.05) is 36.4 Å². The number of hydrogen-bond acceptors (Lipinski definition) is 7.